The van der Waals surface area contributed by atoms with Crippen molar-refractivity contribution in [1.29, 1.82) is 0 Å². The molecule has 2 heterocycles. The SMILES string of the molecule is COC(=O)c1cc(CN(C)C(=O)c2oc3c(C)cccc3c2C)oc1C. The van der Waals surface area contributed by atoms with Gasteiger partial charge in [0.1, 0.15) is 22.7 Å². The van der Waals surface area contributed by atoms with Gasteiger partial charge >= 0.3 is 5.97 Å². The Morgan fingerprint density at radius 2 is 1.88 bits per heavy atom. The van der Waals surface area contributed by atoms with Crippen LogP contribution in [0.25, 0.3) is 11.0 Å². The van der Waals surface area contributed by atoms with Crippen LogP contribution >= 0.6 is 0 Å². The predicted molar refractivity (Wildman–Crippen MR) is 96.3 cm³/mol. The van der Waals surface area contributed by atoms with E-state index in [9.17, 15) is 9.59 Å². The number of ether oxygens (including phenoxy) is 1. The first-order valence-corrected chi connectivity index (χ1v) is 8.25. The second-order valence-electron chi connectivity index (χ2n) is 6.34. The average molecular weight is 355 g/mol. The normalized spacial score (nSPS) is 11.0. The maximum absolute atomic E-state index is 12.8. The molecule has 1 amide bonds. The van der Waals surface area contributed by atoms with Gasteiger partial charge in [0.25, 0.3) is 5.91 Å². The number of esters is 1. The standard InChI is InChI=1S/C20H21NO5/c1-11-7-6-8-15-12(2)18(26-17(11)15)19(22)21(4)10-14-9-16(13(3)25-14)20(23)24-5/h6-9H,10H2,1-5H3. The Hall–Kier alpha value is -3.02. The Kier molecular flexibility index (Phi) is 4.59. The maximum atomic E-state index is 12.8. The highest BCUT2D eigenvalue weighted by Crippen LogP contribution is 2.28. The minimum Gasteiger partial charge on any atom is -0.465 e. The Bertz CT molecular complexity index is 995. The number of methoxy groups -OCH3 is 1. The Balaban J connectivity index is 1.86. The predicted octanol–water partition coefficient (Wildman–Crippen LogP) is 4.01. The van der Waals surface area contributed by atoms with Gasteiger partial charge in [0.15, 0.2) is 5.76 Å². The van der Waals surface area contributed by atoms with Crippen LogP contribution in [0, 0.1) is 20.8 Å². The number of hydrogen-bond donors (Lipinski definition) is 0. The van der Waals surface area contributed by atoms with E-state index in [1.807, 2.05) is 32.0 Å². The highest BCUT2D eigenvalue weighted by Gasteiger charge is 2.23. The third-order valence-electron chi connectivity index (χ3n) is 4.47. The van der Waals surface area contributed by atoms with Crippen LogP contribution in [0.1, 0.15) is 43.6 Å². The maximum Gasteiger partial charge on any atom is 0.341 e. The summed E-state index contributed by atoms with van der Waals surface area (Å²) in [7, 11) is 2.98. The molecule has 0 bridgehead atoms. The number of carbonyl (C=O) groups is 2. The van der Waals surface area contributed by atoms with Gasteiger partial charge in [-0.2, -0.15) is 0 Å². The number of benzene rings is 1. The molecule has 0 aliphatic heterocycles. The molecule has 136 valence electrons. The Labute approximate surface area is 151 Å². The summed E-state index contributed by atoms with van der Waals surface area (Å²) in [6.07, 6.45) is 0. The molecule has 6 nitrogen and oxygen atoms in total. The number of amides is 1. The summed E-state index contributed by atoms with van der Waals surface area (Å²) in [6.45, 7) is 5.72. The van der Waals surface area contributed by atoms with Crippen molar-refractivity contribution in [2.24, 2.45) is 0 Å². The van der Waals surface area contributed by atoms with E-state index in [-0.39, 0.29) is 12.5 Å². The summed E-state index contributed by atoms with van der Waals surface area (Å²) in [5.41, 5.74) is 2.88. The van der Waals surface area contributed by atoms with Gasteiger partial charge in [-0.05, 0) is 32.4 Å². The van der Waals surface area contributed by atoms with E-state index in [4.69, 9.17) is 13.6 Å². The molecule has 0 unspecified atom stereocenters. The molecule has 3 aromatic rings. The molecule has 0 aliphatic rings. The van der Waals surface area contributed by atoms with Crippen molar-refractivity contribution in [3.63, 3.8) is 0 Å². The number of fused-ring (bicyclic) bond motifs is 1. The van der Waals surface area contributed by atoms with Crippen LogP contribution < -0.4 is 0 Å². The van der Waals surface area contributed by atoms with Gasteiger partial charge in [0, 0.05) is 18.0 Å². The molecule has 0 atom stereocenters. The number of para-hydroxylation sites is 1. The lowest BCUT2D eigenvalue weighted by atomic mass is 10.1. The fourth-order valence-corrected chi connectivity index (χ4v) is 3.00. The fraction of sp³-hybridized carbons (Fsp3) is 0.300. The number of aryl methyl sites for hydroxylation is 3. The van der Waals surface area contributed by atoms with Gasteiger partial charge in [0.2, 0.25) is 0 Å². The molecule has 2 aromatic heterocycles. The second-order valence-corrected chi connectivity index (χ2v) is 6.34. The summed E-state index contributed by atoms with van der Waals surface area (Å²) in [5.74, 6) is 0.571. The number of nitrogens with zero attached hydrogens (tertiary/aromatic N) is 1. The lowest BCUT2D eigenvalue weighted by molar-refractivity contribution is 0.0598. The monoisotopic (exact) mass is 355 g/mol. The van der Waals surface area contributed by atoms with Crippen molar-refractivity contribution in [3.8, 4) is 0 Å². The van der Waals surface area contributed by atoms with E-state index >= 15 is 0 Å². The third kappa shape index (κ3) is 2.98. The van der Waals surface area contributed by atoms with E-state index in [0.717, 1.165) is 22.1 Å². The molecule has 0 radical (unpaired) electrons. The molecule has 0 saturated carbocycles. The van der Waals surface area contributed by atoms with Crippen LogP contribution in [-0.4, -0.2) is 30.9 Å². The van der Waals surface area contributed by atoms with Crippen LogP contribution in [-0.2, 0) is 11.3 Å². The van der Waals surface area contributed by atoms with Crippen LogP contribution in [0.4, 0.5) is 0 Å². The van der Waals surface area contributed by atoms with Gasteiger partial charge in [-0.15, -0.1) is 0 Å². The van der Waals surface area contributed by atoms with E-state index in [1.54, 1.807) is 20.0 Å². The van der Waals surface area contributed by atoms with Crippen LogP contribution in [0.5, 0.6) is 0 Å². The summed E-state index contributed by atoms with van der Waals surface area (Å²) < 4.78 is 16.1. The zero-order valence-corrected chi connectivity index (χ0v) is 15.5. The molecular weight excluding hydrogens is 334 g/mol. The van der Waals surface area contributed by atoms with E-state index in [1.165, 1.54) is 12.0 Å². The summed E-state index contributed by atoms with van der Waals surface area (Å²) in [4.78, 5) is 26.0. The van der Waals surface area contributed by atoms with Gasteiger partial charge in [-0.3, -0.25) is 4.79 Å². The minimum atomic E-state index is -0.463. The van der Waals surface area contributed by atoms with E-state index < -0.39 is 5.97 Å². The highest BCUT2D eigenvalue weighted by atomic mass is 16.5. The van der Waals surface area contributed by atoms with E-state index in [0.29, 0.717) is 22.8 Å². The zero-order chi connectivity index (χ0) is 19.0. The average Bonchev–Trinajstić information content (AvgIpc) is 3.15. The van der Waals surface area contributed by atoms with Gasteiger partial charge in [-0.25, -0.2) is 4.79 Å². The molecular formula is C20H21NO5. The fourth-order valence-electron chi connectivity index (χ4n) is 3.00. The molecule has 0 fully saturated rings. The summed E-state index contributed by atoms with van der Waals surface area (Å²) >= 11 is 0. The van der Waals surface area contributed by atoms with Crippen molar-refractivity contribution in [1.82, 2.24) is 4.90 Å². The summed E-state index contributed by atoms with van der Waals surface area (Å²) in [5, 5.41) is 0.934. The van der Waals surface area contributed by atoms with Gasteiger partial charge < -0.3 is 18.5 Å². The molecule has 0 aliphatic carbocycles. The molecule has 0 saturated heterocycles. The molecule has 26 heavy (non-hydrogen) atoms. The lowest BCUT2D eigenvalue weighted by Gasteiger charge is -2.14. The van der Waals surface area contributed by atoms with Crippen molar-refractivity contribution < 1.29 is 23.2 Å². The van der Waals surface area contributed by atoms with Crippen molar-refractivity contribution in [2.75, 3.05) is 14.2 Å². The van der Waals surface area contributed by atoms with Crippen LogP contribution in [0.3, 0.4) is 0 Å². The first-order chi connectivity index (χ1) is 12.3. The Morgan fingerprint density at radius 1 is 1.15 bits per heavy atom. The van der Waals surface area contributed by atoms with Crippen LogP contribution in [0.15, 0.2) is 33.1 Å². The van der Waals surface area contributed by atoms with Gasteiger partial charge in [-0.1, -0.05) is 18.2 Å². The smallest absolute Gasteiger partial charge is 0.341 e. The quantitative estimate of drug-likeness (QED) is 0.661. The van der Waals surface area contributed by atoms with Gasteiger partial charge in [0.05, 0.1) is 13.7 Å². The largest absolute Gasteiger partial charge is 0.465 e. The second kappa shape index (κ2) is 6.71. The highest BCUT2D eigenvalue weighted by molar-refractivity contribution is 5.99. The van der Waals surface area contributed by atoms with Crippen LogP contribution in [0.2, 0.25) is 0 Å². The number of carbonyl (C=O) groups excluding carboxylic acids is 2. The molecule has 3 rings (SSSR count). The van der Waals surface area contributed by atoms with Crippen molar-refractivity contribution in [2.45, 2.75) is 27.3 Å². The Morgan fingerprint density at radius 3 is 2.54 bits per heavy atom. The lowest BCUT2D eigenvalue weighted by Crippen LogP contribution is -2.26. The van der Waals surface area contributed by atoms with Crippen molar-refractivity contribution >= 4 is 22.8 Å². The minimum absolute atomic E-state index is 0.214. The number of furan rings is 2. The number of rotatable bonds is 4. The molecule has 0 N–H and O–H groups in total. The third-order valence-corrected chi connectivity index (χ3v) is 4.47. The zero-order valence-electron chi connectivity index (χ0n) is 15.5. The topological polar surface area (TPSA) is 72.9 Å². The first-order valence-electron chi connectivity index (χ1n) is 8.25. The molecule has 6 heteroatoms. The first kappa shape index (κ1) is 17.8. The van der Waals surface area contributed by atoms with E-state index in [2.05, 4.69) is 0 Å². The molecule has 1 aromatic carbocycles. The number of hydrogen-bond acceptors (Lipinski definition) is 5. The molecule has 0 spiro atoms. The summed E-state index contributed by atoms with van der Waals surface area (Å²) in [6, 6.07) is 7.43. The van der Waals surface area contributed by atoms with Crippen molar-refractivity contribution in [3.05, 3.63) is 58.2 Å².